The molecule has 5 nitrogen and oxygen atoms in total. The average molecular weight is 418 g/mol. The molecule has 1 N–H and O–H groups in total. The molecular formula is C22H14N2O3S2. The van der Waals surface area contributed by atoms with Crippen LogP contribution in [-0.4, -0.2) is 21.8 Å². The predicted molar refractivity (Wildman–Crippen MR) is 115 cm³/mol. The molecule has 1 aliphatic heterocycles. The SMILES string of the molecule is O=C(C1=C(O)C(=O)N(c2nc3ccccc3s2)C1c1ccsc1)c1ccccc1. The number of amides is 1. The molecule has 0 fully saturated rings. The van der Waals surface area contributed by atoms with Gasteiger partial charge in [0.1, 0.15) is 0 Å². The van der Waals surface area contributed by atoms with Crippen LogP contribution in [-0.2, 0) is 4.79 Å². The van der Waals surface area contributed by atoms with E-state index in [1.165, 1.54) is 27.6 Å². The van der Waals surface area contributed by atoms with Crippen LogP contribution in [0.5, 0.6) is 0 Å². The van der Waals surface area contributed by atoms with Crippen LogP contribution in [0.1, 0.15) is 22.0 Å². The van der Waals surface area contributed by atoms with Gasteiger partial charge >= 0.3 is 0 Å². The highest BCUT2D eigenvalue weighted by atomic mass is 32.1. The van der Waals surface area contributed by atoms with Crippen LogP contribution in [0.2, 0.25) is 0 Å². The maximum absolute atomic E-state index is 13.2. The molecule has 0 saturated heterocycles. The minimum absolute atomic E-state index is 0.0823. The van der Waals surface area contributed by atoms with E-state index in [-0.39, 0.29) is 11.4 Å². The number of anilines is 1. The third-order valence-corrected chi connectivity index (χ3v) is 6.57. The summed E-state index contributed by atoms with van der Waals surface area (Å²) in [6.07, 6.45) is 0. The Bertz CT molecular complexity index is 1230. The van der Waals surface area contributed by atoms with E-state index in [9.17, 15) is 14.7 Å². The van der Waals surface area contributed by atoms with Crippen LogP contribution in [0.15, 0.2) is 82.8 Å². The molecule has 1 aliphatic rings. The molecule has 0 saturated carbocycles. The van der Waals surface area contributed by atoms with Gasteiger partial charge in [-0.05, 0) is 34.5 Å². The third-order valence-electron chi connectivity index (χ3n) is 4.84. The molecule has 1 unspecified atom stereocenters. The van der Waals surface area contributed by atoms with Crippen LogP contribution in [0.25, 0.3) is 10.2 Å². The number of hydrogen-bond acceptors (Lipinski definition) is 6. The van der Waals surface area contributed by atoms with Gasteiger partial charge in [0, 0.05) is 5.56 Å². The lowest BCUT2D eigenvalue weighted by Gasteiger charge is -2.23. The molecule has 0 radical (unpaired) electrons. The first-order valence-electron chi connectivity index (χ1n) is 8.89. The molecule has 5 rings (SSSR count). The summed E-state index contributed by atoms with van der Waals surface area (Å²) in [5.74, 6) is -1.50. The van der Waals surface area contributed by atoms with Crippen LogP contribution in [0, 0.1) is 0 Å². The number of thiophene rings is 1. The standard InChI is InChI=1S/C22H14N2O3S2/c25-19(13-6-2-1-3-7-13)17-18(14-10-11-28-12-14)24(21(27)20(17)26)22-23-15-8-4-5-9-16(15)29-22/h1-12,18,26H. The molecule has 142 valence electrons. The summed E-state index contributed by atoms with van der Waals surface area (Å²) in [5, 5.41) is 14.9. The van der Waals surface area contributed by atoms with Gasteiger partial charge in [-0.3, -0.25) is 14.5 Å². The second-order valence-electron chi connectivity index (χ2n) is 6.56. The highest BCUT2D eigenvalue weighted by Crippen LogP contribution is 2.44. The summed E-state index contributed by atoms with van der Waals surface area (Å²) in [5.41, 5.74) is 2.05. The van der Waals surface area contributed by atoms with Gasteiger partial charge in [-0.15, -0.1) is 0 Å². The Morgan fingerprint density at radius 3 is 2.52 bits per heavy atom. The molecule has 3 heterocycles. The van der Waals surface area contributed by atoms with Crippen molar-refractivity contribution in [3.05, 3.63) is 93.9 Å². The lowest BCUT2D eigenvalue weighted by Crippen LogP contribution is -2.30. The van der Waals surface area contributed by atoms with E-state index in [1.54, 1.807) is 24.3 Å². The highest BCUT2D eigenvalue weighted by Gasteiger charge is 2.46. The number of ketones is 1. The number of thiazole rings is 1. The van der Waals surface area contributed by atoms with Gasteiger partial charge in [0.2, 0.25) is 0 Å². The Labute approximate surface area is 174 Å². The molecule has 7 heteroatoms. The van der Waals surface area contributed by atoms with Crippen molar-refractivity contribution in [3.8, 4) is 0 Å². The van der Waals surface area contributed by atoms with Crippen LogP contribution in [0.4, 0.5) is 5.13 Å². The number of benzene rings is 2. The maximum atomic E-state index is 13.2. The second-order valence-corrected chi connectivity index (χ2v) is 8.35. The first-order valence-corrected chi connectivity index (χ1v) is 10.6. The topological polar surface area (TPSA) is 70.5 Å². The van der Waals surface area contributed by atoms with Gasteiger partial charge in [0.15, 0.2) is 16.7 Å². The van der Waals surface area contributed by atoms with Gasteiger partial charge < -0.3 is 5.11 Å². The molecule has 1 amide bonds. The van der Waals surface area contributed by atoms with Crippen molar-refractivity contribution in [2.24, 2.45) is 0 Å². The van der Waals surface area contributed by atoms with Crippen molar-refractivity contribution in [3.63, 3.8) is 0 Å². The zero-order valence-electron chi connectivity index (χ0n) is 15.0. The smallest absolute Gasteiger partial charge is 0.296 e. The van der Waals surface area contributed by atoms with Gasteiger partial charge in [-0.25, -0.2) is 4.98 Å². The maximum Gasteiger partial charge on any atom is 0.296 e. The average Bonchev–Trinajstić information content (AvgIpc) is 3.47. The van der Waals surface area contributed by atoms with Crippen molar-refractivity contribution in [1.82, 2.24) is 4.98 Å². The van der Waals surface area contributed by atoms with Crippen molar-refractivity contribution < 1.29 is 14.7 Å². The molecular weight excluding hydrogens is 404 g/mol. The highest BCUT2D eigenvalue weighted by molar-refractivity contribution is 7.22. The third kappa shape index (κ3) is 2.86. The first kappa shape index (κ1) is 17.8. The zero-order chi connectivity index (χ0) is 20.0. The Morgan fingerprint density at radius 1 is 1.03 bits per heavy atom. The second kappa shape index (κ2) is 6.95. The zero-order valence-corrected chi connectivity index (χ0v) is 16.6. The Morgan fingerprint density at radius 2 is 1.79 bits per heavy atom. The minimum atomic E-state index is -0.720. The predicted octanol–water partition coefficient (Wildman–Crippen LogP) is 5.14. The van der Waals surface area contributed by atoms with E-state index in [0.717, 1.165) is 15.8 Å². The number of carbonyl (C=O) groups excluding carboxylic acids is 2. The van der Waals surface area contributed by atoms with E-state index in [4.69, 9.17) is 0 Å². The molecule has 2 aromatic carbocycles. The van der Waals surface area contributed by atoms with Crippen LogP contribution < -0.4 is 4.90 Å². The van der Waals surface area contributed by atoms with Crippen LogP contribution in [0.3, 0.4) is 0 Å². The molecule has 0 bridgehead atoms. The molecule has 0 aliphatic carbocycles. The summed E-state index contributed by atoms with van der Waals surface area (Å²) in [6, 6.07) is 17.4. The molecule has 29 heavy (non-hydrogen) atoms. The summed E-state index contributed by atoms with van der Waals surface area (Å²) >= 11 is 2.83. The number of nitrogens with zero attached hydrogens (tertiary/aromatic N) is 2. The van der Waals surface area contributed by atoms with Gasteiger partial charge in [0.25, 0.3) is 5.91 Å². The normalized spacial score (nSPS) is 16.8. The number of para-hydroxylation sites is 1. The van der Waals surface area contributed by atoms with Gasteiger partial charge in [-0.2, -0.15) is 11.3 Å². The lowest BCUT2D eigenvalue weighted by molar-refractivity contribution is -0.117. The molecule has 2 aromatic heterocycles. The fraction of sp³-hybridized carbons (Fsp3) is 0.0455. The minimum Gasteiger partial charge on any atom is -0.503 e. The Hall–Kier alpha value is -3.29. The number of aliphatic hydroxyl groups is 1. The van der Waals surface area contributed by atoms with Crippen molar-refractivity contribution in [2.45, 2.75) is 6.04 Å². The van der Waals surface area contributed by atoms with E-state index < -0.39 is 17.7 Å². The molecule has 4 aromatic rings. The van der Waals surface area contributed by atoms with Gasteiger partial charge in [-0.1, -0.05) is 53.8 Å². The van der Waals surface area contributed by atoms with Crippen molar-refractivity contribution in [1.29, 1.82) is 0 Å². The van der Waals surface area contributed by atoms with E-state index >= 15 is 0 Å². The number of aliphatic hydroxyl groups excluding tert-OH is 1. The number of hydrogen-bond donors (Lipinski definition) is 1. The van der Waals surface area contributed by atoms with Gasteiger partial charge in [0.05, 0.1) is 21.8 Å². The summed E-state index contributed by atoms with van der Waals surface area (Å²) in [4.78, 5) is 32.3. The quantitative estimate of drug-likeness (QED) is 0.466. The number of aromatic nitrogens is 1. The van der Waals surface area contributed by atoms with Crippen molar-refractivity contribution in [2.75, 3.05) is 4.90 Å². The van der Waals surface area contributed by atoms with Crippen LogP contribution >= 0.6 is 22.7 Å². The number of Topliss-reactive ketones (excluding diaryl/α,β-unsaturated/α-hetero) is 1. The largest absolute Gasteiger partial charge is 0.503 e. The molecule has 1 atom stereocenters. The lowest BCUT2D eigenvalue weighted by atomic mass is 9.94. The number of fused-ring (bicyclic) bond motifs is 1. The Kier molecular flexibility index (Phi) is 4.26. The monoisotopic (exact) mass is 418 g/mol. The summed E-state index contributed by atoms with van der Waals surface area (Å²) < 4.78 is 0.932. The van der Waals surface area contributed by atoms with E-state index in [1.807, 2.05) is 47.2 Å². The Balaban J connectivity index is 1.67. The number of rotatable bonds is 4. The molecule has 0 spiro atoms. The van der Waals surface area contributed by atoms with Crippen molar-refractivity contribution >= 4 is 49.7 Å². The first-order chi connectivity index (χ1) is 14.1. The van der Waals surface area contributed by atoms with E-state index in [2.05, 4.69) is 4.98 Å². The number of carbonyl (C=O) groups is 2. The summed E-state index contributed by atoms with van der Waals surface area (Å²) in [7, 11) is 0. The van der Waals surface area contributed by atoms with E-state index in [0.29, 0.717) is 10.7 Å². The fourth-order valence-corrected chi connectivity index (χ4v) is 5.16. The summed E-state index contributed by atoms with van der Waals surface area (Å²) in [6.45, 7) is 0. The fourth-order valence-electron chi connectivity index (χ4n) is 3.49.